The SMILES string of the molecule is Cn1ccnc1NCC1COCCO1. The molecule has 1 aromatic heterocycles. The van der Waals surface area contributed by atoms with Gasteiger partial charge in [0.25, 0.3) is 0 Å². The number of aromatic nitrogens is 2. The molecule has 2 rings (SSSR count). The van der Waals surface area contributed by atoms with Crippen LogP contribution in [-0.4, -0.2) is 42.0 Å². The van der Waals surface area contributed by atoms with E-state index in [0.717, 1.165) is 12.5 Å². The zero-order chi connectivity index (χ0) is 9.80. The lowest BCUT2D eigenvalue weighted by Gasteiger charge is -2.23. The predicted molar refractivity (Wildman–Crippen MR) is 52.3 cm³/mol. The first-order chi connectivity index (χ1) is 6.86. The normalized spacial score (nSPS) is 22.2. The van der Waals surface area contributed by atoms with Crippen LogP contribution >= 0.6 is 0 Å². The highest BCUT2D eigenvalue weighted by Gasteiger charge is 2.14. The molecular formula is C9H15N3O2. The van der Waals surface area contributed by atoms with E-state index in [-0.39, 0.29) is 6.10 Å². The largest absolute Gasteiger partial charge is 0.376 e. The van der Waals surface area contributed by atoms with E-state index in [2.05, 4.69) is 10.3 Å². The predicted octanol–water partition coefficient (Wildman–Crippen LogP) is 0.247. The molecule has 1 N–H and O–H groups in total. The van der Waals surface area contributed by atoms with Gasteiger partial charge in [0.05, 0.1) is 25.9 Å². The molecule has 0 bridgehead atoms. The number of ether oxygens (including phenoxy) is 2. The molecule has 1 aliphatic rings. The summed E-state index contributed by atoms with van der Waals surface area (Å²) >= 11 is 0. The molecule has 0 radical (unpaired) electrons. The first-order valence-electron chi connectivity index (χ1n) is 4.77. The van der Waals surface area contributed by atoms with E-state index in [1.54, 1.807) is 6.20 Å². The standard InChI is InChI=1S/C9H15N3O2/c1-12-3-2-10-9(12)11-6-8-7-13-4-5-14-8/h2-3,8H,4-7H2,1H3,(H,10,11). The molecule has 5 nitrogen and oxygen atoms in total. The molecule has 1 aromatic rings. The molecule has 1 saturated heterocycles. The summed E-state index contributed by atoms with van der Waals surface area (Å²) in [5.41, 5.74) is 0. The average molecular weight is 197 g/mol. The van der Waals surface area contributed by atoms with Gasteiger partial charge in [-0.15, -0.1) is 0 Å². The van der Waals surface area contributed by atoms with Crippen LogP contribution in [0.15, 0.2) is 12.4 Å². The van der Waals surface area contributed by atoms with Crippen LogP contribution in [0.2, 0.25) is 0 Å². The number of hydrogen-bond donors (Lipinski definition) is 1. The highest BCUT2D eigenvalue weighted by Crippen LogP contribution is 2.04. The van der Waals surface area contributed by atoms with Gasteiger partial charge in [0.15, 0.2) is 0 Å². The minimum atomic E-state index is 0.139. The monoisotopic (exact) mass is 197 g/mol. The lowest BCUT2D eigenvalue weighted by molar-refractivity contribution is -0.0819. The highest BCUT2D eigenvalue weighted by atomic mass is 16.6. The summed E-state index contributed by atoms with van der Waals surface area (Å²) in [7, 11) is 1.95. The van der Waals surface area contributed by atoms with E-state index in [0.29, 0.717) is 19.8 Å². The Kier molecular flexibility index (Phi) is 3.00. The summed E-state index contributed by atoms with van der Waals surface area (Å²) in [4.78, 5) is 4.16. The highest BCUT2D eigenvalue weighted by molar-refractivity contribution is 5.25. The van der Waals surface area contributed by atoms with Crippen molar-refractivity contribution in [1.29, 1.82) is 0 Å². The first-order valence-corrected chi connectivity index (χ1v) is 4.77. The quantitative estimate of drug-likeness (QED) is 0.754. The van der Waals surface area contributed by atoms with E-state index >= 15 is 0 Å². The van der Waals surface area contributed by atoms with Gasteiger partial charge in [-0.2, -0.15) is 0 Å². The molecule has 1 atom stereocenters. The van der Waals surface area contributed by atoms with Crippen LogP contribution in [0.5, 0.6) is 0 Å². The van der Waals surface area contributed by atoms with Crippen molar-refractivity contribution >= 4 is 5.95 Å². The minimum absolute atomic E-state index is 0.139. The van der Waals surface area contributed by atoms with Gasteiger partial charge >= 0.3 is 0 Å². The number of rotatable bonds is 3. The third-order valence-corrected chi connectivity index (χ3v) is 2.19. The van der Waals surface area contributed by atoms with Gasteiger partial charge in [-0.05, 0) is 0 Å². The van der Waals surface area contributed by atoms with Crippen molar-refractivity contribution in [1.82, 2.24) is 9.55 Å². The summed E-state index contributed by atoms with van der Waals surface area (Å²) in [6.07, 6.45) is 3.81. The zero-order valence-corrected chi connectivity index (χ0v) is 8.27. The van der Waals surface area contributed by atoms with E-state index in [4.69, 9.17) is 9.47 Å². The maximum Gasteiger partial charge on any atom is 0.202 e. The molecule has 1 fully saturated rings. The average Bonchev–Trinajstić information content (AvgIpc) is 2.63. The van der Waals surface area contributed by atoms with Crippen LogP contribution in [0, 0.1) is 0 Å². The van der Waals surface area contributed by atoms with Crippen molar-refractivity contribution in [2.45, 2.75) is 6.10 Å². The van der Waals surface area contributed by atoms with Crippen LogP contribution in [0.3, 0.4) is 0 Å². The van der Waals surface area contributed by atoms with E-state index in [9.17, 15) is 0 Å². The number of nitrogens with zero attached hydrogens (tertiary/aromatic N) is 2. The van der Waals surface area contributed by atoms with Crippen LogP contribution in [0.25, 0.3) is 0 Å². The molecule has 5 heteroatoms. The molecule has 14 heavy (non-hydrogen) atoms. The maximum atomic E-state index is 5.49. The zero-order valence-electron chi connectivity index (χ0n) is 8.27. The molecule has 2 heterocycles. The van der Waals surface area contributed by atoms with Gasteiger partial charge in [0, 0.05) is 26.0 Å². The van der Waals surface area contributed by atoms with Crippen molar-refractivity contribution in [3.63, 3.8) is 0 Å². The molecule has 0 amide bonds. The molecule has 0 aromatic carbocycles. The fourth-order valence-corrected chi connectivity index (χ4v) is 1.40. The molecule has 78 valence electrons. The molecular weight excluding hydrogens is 182 g/mol. The molecule has 1 unspecified atom stereocenters. The Hall–Kier alpha value is -1.07. The Labute approximate surface area is 83.0 Å². The fourth-order valence-electron chi connectivity index (χ4n) is 1.40. The summed E-state index contributed by atoms with van der Waals surface area (Å²) < 4.78 is 12.7. The molecule has 1 aliphatic heterocycles. The number of imidazole rings is 1. The van der Waals surface area contributed by atoms with Gasteiger partial charge in [0.1, 0.15) is 0 Å². The summed E-state index contributed by atoms with van der Waals surface area (Å²) in [6, 6.07) is 0. The second-order valence-electron chi connectivity index (χ2n) is 3.31. The second kappa shape index (κ2) is 4.43. The minimum Gasteiger partial charge on any atom is -0.376 e. The summed E-state index contributed by atoms with van der Waals surface area (Å²) in [6.45, 7) is 2.80. The van der Waals surface area contributed by atoms with Gasteiger partial charge in [-0.3, -0.25) is 0 Å². The van der Waals surface area contributed by atoms with Crippen molar-refractivity contribution in [3.05, 3.63) is 12.4 Å². The van der Waals surface area contributed by atoms with E-state index in [1.807, 2.05) is 17.8 Å². The van der Waals surface area contributed by atoms with Crippen molar-refractivity contribution in [2.24, 2.45) is 7.05 Å². The smallest absolute Gasteiger partial charge is 0.202 e. The van der Waals surface area contributed by atoms with Gasteiger partial charge in [-0.25, -0.2) is 4.98 Å². The van der Waals surface area contributed by atoms with E-state index in [1.165, 1.54) is 0 Å². The first kappa shape index (κ1) is 9.48. The van der Waals surface area contributed by atoms with Crippen LogP contribution in [0.1, 0.15) is 0 Å². The summed E-state index contributed by atoms with van der Waals surface area (Å²) in [5, 5.41) is 3.21. The summed E-state index contributed by atoms with van der Waals surface area (Å²) in [5.74, 6) is 0.860. The Morgan fingerprint density at radius 3 is 3.21 bits per heavy atom. The van der Waals surface area contributed by atoms with Crippen molar-refractivity contribution in [2.75, 3.05) is 31.7 Å². The second-order valence-corrected chi connectivity index (χ2v) is 3.31. The Morgan fingerprint density at radius 1 is 1.64 bits per heavy atom. The van der Waals surface area contributed by atoms with Crippen LogP contribution in [-0.2, 0) is 16.5 Å². The Bertz CT molecular complexity index is 281. The third kappa shape index (κ3) is 2.24. The Balaban J connectivity index is 1.79. The maximum absolute atomic E-state index is 5.49. The molecule has 0 saturated carbocycles. The topological polar surface area (TPSA) is 48.3 Å². The lowest BCUT2D eigenvalue weighted by Crippen LogP contribution is -2.34. The van der Waals surface area contributed by atoms with Crippen molar-refractivity contribution < 1.29 is 9.47 Å². The van der Waals surface area contributed by atoms with E-state index < -0.39 is 0 Å². The van der Waals surface area contributed by atoms with Gasteiger partial charge in [-0.1, -0.05) is 0 Å². The number of hydrogen-bond acceptors (Lipinski definition) is 4. The van der Waals surface area contributed by atoms with Gasteiger partial charge in [0.2, 0.25) is 5.95 Å². The number of nitrogens with one attached hydrogen (secondary N) is 1. The number of aryl methyl sites for hydroxylation is 1. The van der Waals surface area contributed by atoms with Crippen molar-refractivity contribution in [3.8, 4) is 0 Å². The van der Waals surface area contributed by atoms with Gasteiger partial charge < -0.3 is 19.4 Å². The molecule has 0 aliphatic carbocycles. The number of anilines is 1. The lowest BCUT2D eigenvalue weighted by atomic mass is 10.3. The third-order valence-electron chi connectivity index (χ3n) is 2.19. The van der Waals surface area contributed by atoms with Crippen LogP contribution < -0.4 is 5.32 Å². The molecule has 0 spiro atoms. The van der Waals surface area contributed by atoms with Crippen LogP contribution in [0.4, 0.5) is 5.95 Å². The fraction of sp³-hybridized carbons (Fsp3) is 0.667. The Morgan fingerprint density at radius 2 is 2.57 bits per heavy atom.